The van der Waals surface area contributed by atoms with Crippen LogP contribution < -0.4 is 5.32 Å². The van der Waals surface area contributed by atoms with Crippen LogP contribution in [0.3, 0.4) is 0 Å². The molecule has 1 aromatic heterocycles. The molecule has 0 aliphatic carbocycles. The third-order valence-electron chi connectivity index (χ3n) is 5.67. The molecule has 2 heterocycles. The second kappa shape index (κ2) is 11.5. The van der Waals surface area contributed by atoms with Crippen LogP contribution in [0.1, 0.15) is 30.0 Å². The van der Waals surface area contributed by atoms with Gasteiger partial charge in [0.1, 0.15) is 0 Å². The number of nitrogens with one attached hydrogen (secondary N) is 1. The minimum absolute atomic E-state index is 0.538. The van der Waals surface area contributed by atoms with E-state index in [1.54, 1.807) is 0 Å². The Morgan fingerprint density at radius 2 is 1.81 bits per heavy atom. The highest BCUT2D eigenvalue weighted by Gasteiger charge is 2.25. The Morgan fingerprint density at radius 3 is 2.56 bits per heavy atom. The molecular formula is C26H33N5O. The van der Waals surface area contributed by atoms with Crippen LogP contribution in [0.15, 0.2) is 78.0 Å². The predicted molar refractivity (Wildman–Crippen MR) is 128 cm³/mol. The molecule has 0 radical (unpaired) electrons. The molecule has 6 nitrogen and oxygen atoms in total. The van der Waals surface area contributed by atoms with E-state index in [1.807, 2.05) is 23.0 Å². The van der Waals surface area contributed by atoms with Crippen molar-refractivity contribution in [2.24, 2.45) is 10.9 Å². The zero-order chi connectivity index (χ0) is 22.0. The third kappa shape index (κ3) is 6.44. The molecule has 32 heavy (non-hydrogen) atoms. The van der Waals surface area contributed by atoms with Crippen LogP contribution in [0.25, 0.3) is 0 Å². The summed E-state index contributed by atoms with van der Waals surface area (Å²) in [4.78, 5) is 7.24. The lowest BCUT2D eigenvalue weighted by molar-refractivity contribution is 0.0906. The minimum atomic E-state index is 0.538. The normalized spacial score (nSPS) is 16.5. The summed E-state index contributed by atoms with van der Waals surface area (Å²) in [6, 6.07) is 20.8. The Kier molecular flexibility index (Phi) is 7.93. The molecule has 2 aromatic carbocycles. The van der Waals surface area contributed by atoms with Crippen molar-refractivity contribution in [1.82, 2.24) is 20.0 Å². The fourth-order valence-corrected chi connectivity index (χ4v) is 4.02. The standard InChI is InChI=1S/C26H33N5O/c1-2-27-26(28-15-25-16-29-31(19-25)18-22-9-5-3-6-10-22)30-14-13-24(17-30)21-32-20-23-11-7-4-8-12-23/h3-12,16,19,24H,2,13-15,17-18,20-21H2,1H3,(H,27,28). The van der Waals surface area contributed by atoms with E-state index in [2.05, 4.69) is 77.0 Å². The van der Waals surface area contributed by atoms with Crippen LogP contribution in [-0.4, -0.2) is 46.9 Å². The SMILES string of the molecule is CCNC(=NCc1cnn(Cc2ccccc2)c1)N1CCC(COCc2ccccc2)C1. The van der Waals surface area contributed by atoms with Gasteiger partial charge in [0.25, 0.3) is 0 Å². The molecule has 1 fully saturated rings. The average Bonchev–Trinajstić information content (AvgIpc) is 3.48. The lowest BCUT2D eigenvalue weighted by Crippen LogP contribution is -2.40. The van der Waals surface area contributed by atoms with Crippen molar-refractivity contribution in [1.29, 1.82) is 0 Å². The van der Waals surface area contributed by atoms with Crippen molar-refractivity contribution in [2.75, 3.05) is 26.2 Å². The molecule has 0 spiro atoms. The average molecular weight is 432 g/mol. The lowest BCUT2D eigenvalue weighted by atomic mass is 10.1. The van der Waals surface area contributed by atoms with Gasteiger partial charge in [-0.25, -0.2) is 4.99 Å². The van der Waals surface area contributed by atoms with Gasteiger partial charge >= 0.3 is 0 Å². The van der Waals surface area contributed by atoms with E-state index >= 15 is 0 Å². The monoisotopic (exact) mass is 431 g/mol. The summed E-state index contributed by atoms with van der Waals surface area (Å²) in [5.41, 5.74) is 3.60. The van der Waals surface area contributed by atoms with E-state index in [0.29, 0.717) is 19.1 Å². The van der Waals surface area contributed by atoms with Crippen molar-refractivity contribution in [3.05, 3.63) is 89.7 Å². The van der Waals surface area contributed by atoms with Crippen molar-refractivity contribution in [3.8, 4) is 0 Å². The number of guanidine groups is 1. The van der Waals surface area contributed by atoms with Gasteiger partial charge in [-0.15, -0.1) is 0 Å². The van der Waals surface area contributed by atoms with E-state index < -0.39 is 0 Å². The number of likely N-dealkylation sites (tertiary alicyclic amines) is 1. The van der Waals surface area contributed by atoms with Gasteiger partial charge < -0.3 is 15.0 Å². The molecule has 1 N–H and O–H groups in total. The number of aliphatic imine (C=N–C) groups is 1. The Bertz CT molecular complexity index is 970. The summed E-state index contributed by atoms with van der Waals surface area (Å²) < 4.78 is 7.95. The highest BCUT2D eigenvalue weighted by atomic mass is 16.5. The summed E-state index contributed by atoms with van der Waals surface area (Å²) >= 11 is 0. The van der Waals surface area contributed by atoms with E-state index in [9.17, 15) is 0 Å². The number of ether oxygens (including phenoxy) is 1. The molecular weight excluding hydrogens is 398 g/mol. The Balaban J connectivity index is 1.27. The predicted octanol–water partition coefficient (Wildman–Crippen LogP) is 3.94. The van der Waals surface area contributed by atoms with Gasteiger partial charge in [-0.1, -0.05) is 60.7 Å². The number of benzene rings is 2. The van der Waals surface area contributed by atoms with E-state index in [1.165, 1.54) is 11.1 Å². The summed E-state index contributed by atoms with van der Waals surface area (Å²) in [6.45, 7) is 7.84. The van der Waals surface area contributed by atoms with Crippen LogP contribution in [0.5, 0.6) is 0 Å². The molecule has 1 aliphatic rings. The van der Waals surface area contributed by atoms with Crippen molar-refractivity contribution >= 4 is 5.96 Å². The van der Waals surface area contributed by atoms with E-state index in [0.717, 1.165) is 50.7 Å². The third-order valence-corrected chi connectivity index (χ3v) is 5.67. The maximum Gasteiger partial charge on any atom is 0.194 e. The van der Waals surface area contributed by atoms with Crippen molar-refractivity contribution in [3.63, 3.8) is 0 Å². The van der Waals surface area contributed by atoms with Gasteiger partial charge in [-0.05, 0) is 24.5 Å². The zero-order valence-electron chi connectivity index (χ0n) is 18.9. The largest absolute Gasteiger partial charge is 0.376 e. The van der Waals surface area contributed by atoms with Gasteiger partial charge in [-0.2, -0.15) is 5.10 Å². The van der Waals surface area contributed by atoms with Crippen molar-refractivity contribution in [2.45, 2.75) is 33.0 Å². The van der Waals surface area contributed by atoms with E-state index in [-0.39, 0.29) is 0 Å². The van der Waals surface area contributed by atoms with Gasteiger partial charge in [0.2, 0.25) is 0 Å². The first-order valence-electron chi connectivity index (χ1n) is 11.5. The van der Waals surface area contributed by atoms with E-state index in [4.69, 9.17) is 9.73 Å². The molecule has 1 atom stereocenters. The molecule has 168 valence electrons. The van der Waals surface area contributed by atoms with Gasteiger partial charge in [0.15, 0.2) is 5.96 Å². The number of nitrogens with zero attached hydrogens (tertiary/aromatic N) is 4. The molecule has 6 heteroatoms. The molecule has 3 aromatic rings. The molecule has 0 bridgehead atoms. The number of rotatable bonds is 9. The molecule has 0 saturated carbocycles. The molecule has 1 saturated heterocycles. The van der Waals surface area contributed by atoms with Gasteiger partial charge in [0.05, 0.1) is 32.5 Å². The Morgan fingerprint density at radius 1 is 1.06 bits per heavy atom. The van der Waals surface area contributed by atoms with Crippen LogP contribution in [0.2, 0.25) is 0 Å². The van der Waals surface area contributed by atoms with Crippen LogP contribution in [0, 0.1) is 5.92 Å². The van der Waals surface area contributed by atoms with Crippen LogP contribution >= 0.6 is 0 Å². The molecule has 4 rings (SSSR count). The second-order valence-electron chi connectivity index (χ2n) is 8.30. The zero-order valence-corrected chi connectivity index (χ0v) is 18.9. The first-order valence-corrected chi connectivity index (χ1v) is 11.5. The molecule has 1 unspecified atom stereocenters. The first-order chi connectivity index (χ1) is 15.8. The fraction of sp³-hybridized carbons (Fsp3) is 0.385. The summed E-state index contributed by atoms with van der Waals surface area (Å²) in [5, 5.41) is 7.95. The summed E-state index contributed by atoms with van der Waals surface area (Å²) in [6.07, 6.45) is 5.14. The second-order valence-corrected chi connectivity index (χ2v) is 8.30. The highest BCUT2D eigenvalue weighted by molar-refractivity contribution is 5.80. The smallest absolute Gasteiger partial charge is 0.194 e. The number of hydrogen-bond acceptors (Lipinski definition) is 3. The van der Waals surface area contributed by atoms with Crippen LogP contribution in [0.4, 0.5) is 0 Å². The maximum absolute atomic E-state index is 5.97. The lowest BCUT2D eigenvalue weighted by Gasteiger charge is -2.21. The quantitative estimate of drug-likeness (QED) is 0.412. The van der Waals surface area contributed by atoms with Crippen molar-refractivity contribution < 1.29 is 4.74 Å². The summed E-state index contributed by atoms with van der Waals surface area (Å²) in [7, 11) is 0. The first kappa shape index (κ1) is 22.1. The van der Waals surface area contributed by atoms with Gasteiger partial charge in [0, 0.05) is 37.3 Å². The summed E-state index contributed by atoms with van der Waals surface area (Å²) in [5.74, 6) is 1.52. The number of aromatic nitrogens is 2. The van der Waals surface area contributed by atoms with Crippen LogP contribution in [-0.2, 0) is 24.4 Å². The highest BCUT2D eigenvalue weighted by Crippen LogP contribution is 2.18. The number of hydrogen-bond donors (Lipinski definition) is 1. The Labute approximate surface area is 190 Å². The topological polar surface area (TPSA) is 54.7 Å². The Hall–Kier alpha value is -3.12. The molecule has 0 amide bonds. The van der Waals surface area contributed by atoms with Gasteiger partial charge in [-0.3, -0.25) is 4.68 Å². The fourth-order valence-electron chi connectivity index (χ4n) is 4.02. The maximum atomic E-state index is 5.97. The minimum Gasteiger partial charge on any atom is -0.376 e. The molecule has 1 aliphatic heterocycles.